The molecular formula is C14H28N2. The molecule has 0 amide bonds. The minimum Gasteiger partial charge on any atom is -0.316 e. The first-order valence-corrected chi connectivity index (χ1v) is 7.04. The van der Waals surface area contributed by atoms with E-state index in [0.29, 0.717) is 11.5 Å². The molecule has 0 spiro atoms. The summed E-state index contributed by atoms with van der Waals surface area (Å²) in [7, 11) is 0. The summed E-state index contributed by atoms with van der Waals surface area (Å²) in [6.45, 7) is 12.2. The van der Waals surface area contributed by atoms with Gasteiger partial charge in [0.15, 0.2) is 0 Å². The van der Waals surface area contributed by atoms with Crippen molar-refractivity contribution in [2.45, 2.75) is 52.5 Å². The van der Waals surface area contributed by atoms with E-state index in [1.165, 1.54) is 51.9 Å². The molecule has 94 valence electrons. The molecule has 0 bridgehead atoms. The third-order valence-corrected chi connectivity index (χ3v) is 4.49. The van der Waals surface area contributed by atoms with Crippen molar-refractivity contribution in [1.82, 2.24) is 10.2 Å². The van der Waals surface area contributed by atoms with Crippen molar-refractivity contribution < 1.29 is 0 Å². The van der Waals surface area contributed by atoms with Crippen LogP contribution in [0.3, 0.4) is 0 Å². The van der Waals surface area contributed by atoms with Gasteiger partial charge >= 0.3 is 0 Å². The first-order chi connectivity index (χ1) is 7.59. The Balaban J connectivity index is 1.85. The Hall–Kier alpha value is -0.0800. The van der Waals surface area contributed by atoms with Gasteiger partial charge in [-0.05, 0) is 51.0 Å². The lowest BCUT2D eigenvalue weighted by atomic mass is 9.83. The fourth-order valence-electron chi connectivity index (χ4n) is 2.96. The van der Waals surface area contributed by atoms with E-state index in [9.17, 15) is 0 Å². The van der Waals surface area contributed by atoms with Crippen LogP contribution in [0.15, 0.2) is 0 Å². The molecule has 0 aromatic heterocycles. The van der Waals surface area contributed by atoms with Crippen LogP contribution in [-0.2, 0) is 0 Å². The molecule has 2 fully saturated rings. The van der Waals surface area contributed by atoms with Crippen LogP contribution in [0.4, 0.5) is 0 Å². The molecule has 2 heteroatoms. The fourth-order valence-corrected chi connectivity index (χ4v) is 2.96. The lowest BCUT2D eigenvalue weighted by Crippen LogP contribution is -2.44. The highest BCUT2D eigenvalue weighted by Gasteiger charge is 2.32. The molecule has 1 unspecified atom stereocenters. The molecule has 2 nitrogen and oxygen atoms in total. The summed E-state index contributed by atoms with van der Waals surface area (Å²) in [5.41, 5.74) is 0.522. The van der Waals surface area contributed by atoms with Gasteiger partial charge in [0, 0.05) is 25.7 Å². The van der Waals surface area contributed by atoms with Crippen molar-refractivity contribution in [3.8, 4) is 0 Å². The van der Waals surface area contributed by atoms with Gasteiger partial charge in [0.25, 0.3) is 0 Å². The maximum atomic E-state index is 3.51. The fraction of sp³-hybridized carbons (Fsp3) is 1.00. The Kier molecular flexibility index (Phi) is 3.91. The zero-order chi connectivity index (χ0) is 11.6. The van der Waals surface area contributed by atoms with Gasteiger partial charge in [-0.1, -0.05) is 13.3 Å². The van der Waals surface area contributed by atoms with E-state index in [1.54, 1.807) is 0 Å². The molecule has 1 heterocycles. The van der Waals surface area contributed by atoms with Crippen LogP contribution in [0.5, 0.6) is 0 Å². The molecule has 0 radical (unpaired) electrons. The third kappa shape index (κ3) is 2.98. The quantitative estimate of drug-likeness (QED) is 0.772. The molecule has 1 saturated carbocycles. The number of nitrogens with one attached hydrogen (secondary N) is 1. The number of nitrogens with zero attached hydrogens (tertiary/aromatic N) is 1. The SMILES string of the molecule is CC(C)N(CC1CCC1)CC1(C)CCNC1. The predicted molar refractivity (Wildman–Crippen MR) is 69.6 cm³/mol. The summed E-state index contributed by atoms with van der Waals surface area (Å²) in [6.07, 6.45) is 5.76. The zero-order valence-corrected chi connectivity index (χ0v) is 11.3. The maximum absolute atomic E-state index is 3.51. The first-order valence-electron chi connectivity index (χ1n) is 7.04. The average Bonchev–Trinajstić information content (AvgIpc) is 2.56. The summed E-state index contributed by atoms with van der Waals surface area (Å²) in [5.74, 6) is 1.00. The van der Waals surface area contributed by atoms with Crippen molar-refractivity contribution in [2.24, 2.45) is 11.3 Å². The second-order valence-corrected chi connectivity index (χ2v) is 6.56. The molecule has 16 heavy (non-hydrogen) atoms. The summed E-state index contributed by atoms with van der Waals surface area (Å²) in [6, 6.07) is 0.707. The van der Waals surface area contributed by atoms with E-state index in [0.717, 1.165) is 5.92 Å². The van der Waals surface area contributed by atoms with Crippen molar-refractivity contribution in [2.75, 3.05) is 26.2 Å². The molecule has 1 atom stereocenters. The normalized spacial score (nSPS) is 31.3. The highest BCUT2D eigenvalue weighted by molar-refractivity contribution is 4.88. The van der Waals surface area contributed by atoms with Gasteiger partial charge in [0.1, 0.15) is 0 Å². The van der Waals surface area contributed by atoms with Gasteiger partial charge in [0.2, 0.25) is 0 Å². The van der Waals surface area contributed by atoms with Gasteiger partial charge in [-0.3, -0.25) is 0 Å². The van der Waals surface area contributed by atoms with Crippen molar-refractivity contribution in [3.05, 3.63) is 0 Å². The number of hydrogen-bond acceptors (Lipinski definition) is 2. The van der Waals surface area contributed by atoms with Gasteiger partial charge in [-0.2, -0.15) is 0 Å². The van der Waals surface area contributed by atoms with E-state index >= 15 is 0 Å². The molecular weight excluding hydrogens is 196 g/mol. The minimum absolute atomic E-state index is 0.522. The van der Waals surface area contributed by atoms with E-state index < -0.39 is 0 Å². The van der Waals surface area contributed by atoms with Crippen LogP contribution >= 0.6 is 0 Å². The van der Waals surface area contributed by atoms with Crippen molar-refractivity contribution >= 4 is 0 Å². The molecule has 1 aliphatic heterocycles. The van der Waals surface area contributed by atoms with Crippen LogP contribution in [-0.4, -0.2) is 37.1 Å². The van der Waals surface area contributed by atoms with Gasteiger partial charge in [0.05, 0.1) is 0 Å². The molecule has 1 N–H and O–H groups in total. The lowest BCUT2D eigenvalue weighted by molar-refractivity contribution is 0.101. The molecule has 1 aliphatic carbocycles. The van der Waals surface area contributed by atoms with E-state index in [4.69, 9.17) is 0 Å². The zero-order valence-electron chi connectivity index (χ0n) is 11.3. The Morgan fingerprint density at radius 1 is 1.38 bits per heavy atom. The molecule has 0 aromatic rings. The lowest BCUT2D eigenvalue weighted by Gasteiger charge is -2.39. The highest BCUT2D eigenvalue weighted by Crippen LogP contribution is 2.31. The average molecular weight is 224 g/mol. The molecule has 0 aromatic carbocycles. The third-order valence-electron chi connectivity index (χ3n) is 4.49. The summed E-state index contributed by atoms with van der Waals surface area (Å²) >= 11 is 0. The Labute approximate surface area is 101 Å². The van der Waals surface area contributed by atoms with Gasteiger partial charge in [-0.15, -0.1) is 0 Å². The first kappa shape index (κ1) is 12.4. The van der Waals surface area contributed by atoms with Crippen LogP contribution < -0.4 is 5.32 Å². The second-order valence-electron chi connectivity index (χ2n) is 6.56. The molecule has 1 saturated heterocycles. The van der Waals surface area contributed by atoms with Crippen LogP contribution in [0.25, 0.3) is 0 Å². The monoisotopic (exact) mass is 224 g/mol. The Bertz CT molecular complexity index is 215. The Morgan fingerprint density at radius 2 is 2.12 bits per heavy atom. The smallest absolute Gasteiger partial charge is 0.00508 e. The van der Waals surface area contributed by atoms with Crippen molar-refractivity contribution in [1.29, 1.82) is 0 Å². The Morgan fingerprint density at radius 3 is 2.56 bits per heavy atom. The van der Waals surface area contributed by atoms with E-state index in [-0.39, 0.29) is 0 Å². The van der Waals surface area contributed by atoms with Crippen molar-refractivity contribution in [3.63, 3.8) is 0 Å². The molecule has 2 rings (SSSR count). The van der Waals surface area contributed by atoms with E-state index in [2.05, 4.69) is 31.0 Å². The summed E-state index contributed by atoms with van der Waals surface area (Å²) in [4.78, 5) is 2.72. The van der Waals surface area contributed by atoms with E-state index in [1.807, 2.05) is 0 Å². The van der Waals surface area contributed by atoms with Crippen LogP contribution in [0.1, 0.15) is 46.5 Å². The van der Waals surface area contributed by atoms with Gasteiger partial charge < -0.3 is 10.2 Å². The molecule has 2 aliphatic rings. The second kappa shape index (κ2) is 5.05. The summed E-state index contributed by atoms with van der Waals surface area (Å²) < 4.78 is 0. The van der Waals surface area contributed by atoms with Crippen LogP contribution in [0.2, 0.25) is 0 Å². The summed E-state index contributed by atoms with van der Waals surface area (Å²) in [5, 5.41) is 3.51. The topological polar surface area (TPSA) is 15.3 Å². The number of rotatable bonds is 5. The minimum atomic E-state index is 0.522. The number of hydrogen-bond donors (Lipinski definition) is 1. The largest absolute Gasteiger partial charge is 0.316 e. The highest BCUT2D eigenvalue weighted by atomic mass is 15.2. The van der Waals surface area contributed by atoms with Crippen LogP contribution in [0, 0.1) is 11.3 Å². The predicted octanol–water partition coefficient (Wildman–Crippen LogP) is 2.50. The standard InChI is InChI=1S/C14H28N2/c1-12(2)16(9-13-5-4-6-13)11-14(3)7-8-15-10-14/h12-13,15H,4-11H2,1-3H3. The van der Waals surface area contributed by atoms with Gasteiger partial charge in [-0.25, -0.2) is 0 Å². The maximum Gasteiger partial charge on any atom is 0.00508 e.